The molecule has 2 N–H and O–H groups in total. The predicted molar refractivity (Wildman–Crippen MR) is 95.2 cm³/mol. The third kappa shape index (κ3) is 4.98. The van der Waals surface area contributed by atoms with Crippen molar-refractivity contribution in [1.82, 2.24) is 10.2 Å². The minimum Gasteiger partial charge on any atom is -0.477 e. The SMILES string of the molecule is CC(C)(C)CC(=O)N1CSCC1C(=O)NCc1ccc(C(=O)O)s1. The molecule has 0 spiro atoms. The molecule has 1 atom stereocenters. The summed E-state index contributed by atoms with van der Waals surface area (Å²) in [5.41, 5.74) is -0.116. The van der Waals surface area contributed by atoms with E-state index in [1.807, 2.05) is 20.8 Å². The summed E-state index contributed by atoms with van der Waals surface area (Å²) in [6.07, 6.45) is 0.407. The van der Waals surface area contributed by atoms with Crippen LogP contribution in [-0.4, -0.2) is 45.5 Å². The van der Waals surface area contributed by atoms with Gasteiger partial charge < -0.3 is 15.3 Å². The molecule has 132 valence electrons. The van der Waals surface area contributed by atoms with Crippen molar-refractivity contribution in [2.75, 3.05) is 11.6 Å². The van der Waals surface area contributed by atoms with E-state index < -0.39 is 12.0 Å². The van der Waals surface area contributed by atoms with E-state index in [0.717, 1.165) is 16.2 Å². The van der Waals surface area contributed by atoms with Crippen molar-refractivity contribution in [1.29, 1.82) is 0 Å². The van der Waals surface area contributed by atoms with Crippen molar-refractivity contribution in [3.05, 3.63) is 21.9 Å². The van der Waals surface area contributed by atoms with Crippen LogP contribution < -0.4 is 5.32 Å². The molecule has 2 amide bonds. The molecule has 2 heterocycles. The molecule has 0 bridgehead atoms. The van der Waals surface area contributed by atoms with Crippen LogP contribution in [0.1, 0.15) is 41.7 Å². The van der Waals surface area contributed by atoms with E-state index in [4.69, 9.17) is 5.11 Å². The maximum absolute atomic E-state index is 12.4. The van der Waals surface area contributed by atoms with Crippen molar-refractivity contribution in [2.45, 2.75) is 39.8 Å². The Kier molecular flexibility index (Phi) is 5.92. The van der Waals surface area contributed by atoms with Crippen molar-refractivity contribution in [3.8, 4) is 0 Å². The van der Waals surface area contributed by atoms with Crippen molar-refractivity contribution in [2.24, 2.45) is 5.41 Å². The number of aromatic carboxylic acids is 1. The minimum absolute atomic E-state index is 0.00284. The number of carboxylic acid groups (broad SMARTS) is 1. The summed E-state index contributed by atoms with van der Waals surface area (Å²) in [7, 11) is 0. The Hall–Kier alpha value is -1.54. The van der Waals surface area contributed by atoms with Crippen LogP contribution in [0.4, 0.5) is 0 Å². The molecule has 1 unspecified atom stereocenters. The number of amides is 2. The molecule has 1 aliphatic rings. The minimum atomic E-state index is -0.969. The fraction of sp³-hybridized carbons (Fsp3) is 0.562. The first-order valence-electron chi connectivity index (χ1n) is 7.64. The number of nitrogens with zero attached hydrogens (tertiary/aromatic N) is 1. The van der Waals surface area contributed by atoms with Gasteiger partial charge in [-0.1, -0.05) is 20.8 Å². The third-order valence-corrected chi connectivity index (χ3v) is 5.58. The Bertz CT molecular complexity index is 636. The molecular formula is C16H22N2O4S2. The van der Waals surface area contributed by atoms with Crippen LogP contribution in [-0.2, 0) is 16.1 Å². The van der Waals surface area contributed by atoms with Gasteiger partial charge in [0.05, 0.1) is 12.4 Å². The Morgan fingerprint density at radius 1 is 1.33 bits per heavy atom. The lowest BCUT2D eigenvalue weighted by atomic mass is 9.91. The normalized spacial score (nSPS) is 17.8. The van der Waals surface area contributed by atoms with Crippen LogP contribution in [0.5, 0.6) is 0 Å². The Morgan fingerprint density at radius 3 is 2.62 bits per heavy atom. The molecule has 1 aliphatic heterocycles. The molecule has 0 aliphatic carbocycles. The van der Waals surface area contributed by atoms with Crippen LogP contribution in [0.3, 0.4) is 0 Å². The summed E-state index contributed by atoms with van der Waals surface area (Å²) in [6.45, 7) is 6.28. The second-order valence-electron chi connectivity index (χ2n) is 6.91. The molecule has 6 nitrogen and oxygen atoms in total. The number of carbonyl (C=O) groups is 3. The second kappa shape index (κ2) is 7.57. The third-order valence-electron chi connectivity index (χ3n) is 3.50. The largest absolute Gasteiger partial charge is 0.477 e. The Labute approximate surface area is 149 Å². The van der Waals surface area contributed by atoms with E-state index in [9.17, 15) is 14.4 Å². The van der Waals surface area contributed by atoms with Crippen molar-refractivity contribution in [3.63, 3.8) is 0 Å². The number of hydrogen-bond donors (Lipinski definition) is 2. The standard InChI is InChI=1S/C16H22N2O4S2/c1-16(2,3)6-13(19)18-9-23-8-11(18)14(20)17-7-10-4-5-12(24-10)15(21)22/h4-5,11H,6-9H2,1-3H3,(H,17,20)(H,21,22). The topological polar surface area (TPSA) is 86.7 Å². The van der Waals surface area contributed by atoms with Gasteiger partial charge in [0.1, 0.15) is 10.9 Å². The fourth-order valence-corrected chi connectivity index (χ4v) is 4.31. The molecule has 8 heteroatoms. The molecular weight excluding hydrogens is 348 g/mol. The number of thiophene rings is 1. The van der Waals surface area contributed by atoms with E-state index in [1.54, 1.807) is 22.7 Å². The summed E-state index contributed by atoms with van der Waals surface area (Å²) in [5, 5.41) is 11.7. The lowest BCUT2D eigenvalue weighted by Gasteiger charge is -2.26. The van der Waals surface area contributed by atoms with Crippen LogP contribution in [0.2, 0.25) is 0 Å². The predicted octanol–water partition coefficient (Wildman–Crippen LogP) is 2.40. The summed E-state index contributed by atoms with van der Waals surface area (Å²) in [4.78, 5) is 38.3. The highest BCUT2D eigenvalue weighted by Crippen LogP contribution is 2.26. The van der Waals surface area contributed by atoms with Gasteiger partial charge in [-0.3, -0.25) is 9.59 Å². The number of carboxylic acids is 1. The van der Waals surface area contributed by atoms with Gasteiger partial charge in [0.25, 0.3) is 0 Å². The van der Waals surface area contributed by atoms with Gasteiger partial charge in [0.2, 0.25) is 11.8 Å². The van der Waals surface area contributed by atoms with Crippen LogP contribution in [0.15, 0.2) is 12.1 Å². The zero-order chi connectivity index (χ0) is 17.9. The monoisotopic (exact) mass is 370 g/mol. The van der Waals surface area contributed by atoms with Crippen LogP contribution in [0, 0.1) is 5.41 Å². The summed E-state index contributed by atoms with van der Waals surface area (Å²) >= 11 is 2.71. The number of rotatable bonds is 5. The van der Waals surface area contributed by atoms with Crippen LogP contribution in [0.25, 0.3) is 0 Å². The van der Waals surface area contributed by atoms with E-state index in [1.165, 1.54) is 6.07 Å². The van der Waals surface area contributed by atoms with Gasteiger partial charge in [-0.2, -0.15) is 0 Å². The van der Waals surface area contributed by atoms with Crippen molar-refractivity contribution < 1.29 is 19.5 Å². The van der Waals surface area contributed by atoms with Gasteiger partial charge in [0, 0.05) is 17.1 Å². The quantitative estimate of drug-likeness (QED) is 0.831. The average molecular weight is 370 g/mol. The van der Waals surface area contributed by atoms with Gasteiger partial charge in [0.15, 0.2) is 0 Å². The molecule has 0 saturated carbocycles. The highest BCUT2D eigenvalue weighted by molar-refractivity contribution is 7.99. The summed E-state index contributed by atoms with van der Waals surface area (Å²) in [6, 6.07) is 2.77. The number of nitrogens with one attached hydrogen (secondary N) is 1. The second-order valence-corrected chi connectivity index (χ2v) is 9.07. The van der Waals surface area contributed by atoms with Gasteiger partial charge in [-0.15, -0.1) is 23.1 Å². The molecule has 2 rings (SSSR count). The first-order chi connectivity index (χ1) is 11.2. The number of thioether (sulfide) groups is 1. The molecule has 1 fully saturated rings. The smallest absolute Gasteiger partial charge is 0.345 e. The average Bonchev–Trinajstić information content (AvgIpc) is 3.12. The fourth-order valence-electron chi connectivity index (χ4n) is 2.34. The lowest BCUT2D eigenvalue weighted by molar-refractivity contribution is -0.139. The van der Waals surface area contributed by atoms with E-state index >= 15 is 0 Å². The van der Waals surface area contributed by atoms with Crippen molar-refractivity contribution >= 4 is 40.9 Å². The maximum Gasteiger partial charge on any atom is 0.345 e. The lowest BCUT2D eigenvalue weighted by Crippen LogP contribution is -2.47. The highest BCUT2D eigenvalue weighted by atomic mass is 32.2. The number of hydrogen-bond acceptors (Lipinski definition) is 5. The Balaban J connectivity index is 1.92. The maximum atomic E-state index is 12.4. The van der Waals surface area contributed by atoms with E-state index in [-0.39, 0.29) is 28.7 Å². The molecule has 1 aromatic heterocycles. The van der Waals surface area contributed by atoms with Gasteiger partial charge in [-0.05, 0) is 17.5 Å². The first-order valence-corrected chi connectivity index (χ1v) is 9.61. The summed E-state index contributed by atoms with van der Waals surface area (Å²) < 4.78 is 0. The molecule has 24 heavy (non-hydrogen) atoms. The number of carbonyl (C=O) groups excluding carboxylic acids is 2. The van der Waals surface area contributed by atoms with E-state index in [2.05, 4.69) is 5.32 Å². The first kappa shape index (κ1) is 18.8. The van der Waals surface area contributed by atoms with Gasteiger partial charge in [-0.25, -0.2) is 4.79 Å². The molecule has 1 aromatic rings. The van der Waals surface area contributed by atoms with Crippen LogP contribution >= 0.6 is 23.1 Å². The summed E-state index contributed by atoms with van der Waals surface area (Å²) in [5.74, 6) is -0.0324. The highest BCUT2D eigenvalue weighted by Gasteiger charge is 2.35. The van der Waals surface area contributed by atoms with Gasteiger partial charge >= 0.3 is 5.97 Å². The molecule has 0 radical (unpaired) electrons. The molecule has 0 aromatic carbocycles. The molecule has 1 saturated heterocycles. The zero-order valence-electron chi connectivity index (χ0n) is 14.0. The Morgan fingerprint density at radius 2 is 2.04 bits per heavy atom. The zero-order valence-corrected chi connectivity index (χ0v) is 15.6. The van der Waals surface area contributed by atoms with E-state index in [0.29, 0.717) is 18.1 Å².